The van der Waals surface area contributed by atoms with Gasteiger partial charge in [-0.1, -0.05) is 0 Å². The van der Waals surface area contributed by atoms with E-state index >= 15 is 0 Å². The van der Waals surface area contributed by atoms with E-state index in [1.165, 1.54) is 0 Å². The third kappa shape index (κ3) is 3.44. The average Bonchev–Trinajstić information content (AvgIpc) is 2.18. The Bertz CT molecular complexity index is 400. The summed E-state index contributed by atoms with van der Waals surface area (Å²) in [7, 11) is 1.59. The fraction of sp³-hybridized carbons (Fsp3) is 0.583. The van der Waals surface area contributed by atoms with Gasteiger partial charge in [-0.15, -0.1) is 0 Å². The van der Waals surface area contributed by atoms with E-state index < -0.39 is 11.2 Å². The lowest BCUT2D eigenvalue weighted by Crippen LogP contribution is -2.49. The van der Waals surface area contributed by atoms with Crippen molar-refractivity contribution in [3.8, 4) is 0 Å². The first kappa shape index (κ1) is 14.0. The Balaban J connectivity index is 2.77. The zero-order valence-electron chi connectivity index (χ0n) is 11.1. The number of nitrogens with zero attached hydrogens (tertiary/aromatic N) is 1. The summed E-state index contributed by atoms with van der Waals surface area (Å²) in [6, 6.07) is 1.79. The van der Waals surface area contributed by atoms with Crippen LogP contribution in [0.15, 0.2) is 12.3 Å². The molecule has 93 valence electrons. The van der Waals surface area contributed by atoms with Gasteiger partial charge in [0.1, 0.15) is 0 Å². The van der Waals surface area contributed by atoms with E-state index in [4.69, 9.17) is 10.4 Å². The highest BCUT2D eigenvalue weighted by atomic mass is 16.5. The third-order valence-corrected chi connectivity index (χ3v) is 3.10. The van der Waals surface area contributed by atoms with E-state index in [0.29, 0.717) is 5.69 Å². The van der Waals surface area contributed by atoms with Gasteiger partial charge in [0.25, 0.3) is 0 Å². The van der Waals surface area contributed by atoms with Gasteiger partial charge in [0.15, 0.2) is 0 Å². The predicted molar refractivity (Wildman–Crippen MR) is 70.2 cm³/mol. The lowest BCUT2D eigenvalue weighted by molar-refractivity contribution is -0.0893. The normalized spacial score (nSPS) is 12.6. The van der Waals surface area contributed by atoms with E-state index in [9.17, 15) is 5.11 Å². The monoisotopic (exact) mass is 235 g/mol. The lowest BCUT2D eigenvalue weighted by Gasteiger charge is -2.37. The molecule has 4 nitrogen and oxygen atoms in total. The highest BCUT2D eigenvalue weighted by molar-refractivity contribution is 6.47. The molecule has 0 spiro atoms. The highest BCUT2D eigenvalue weighted by Crippen LogP contribution is 2.24. The number of aryl methyl sites for hydroxylation is 1. The van der Waals surface area contributed by atoms with Gasteiger partial charge in [-0.3, -0.25) is 4.98 Å². The van der Waals surface area contributed by atoms with Crippen molar-refractivity contribution in [1.82, 2.24) is 4.98 Å². The van der Waals surface area contributed by atoms with E-state index in [0.717, 1.165) is 11.2 Å². The molecule has 0 aliphatic rings. The van der Waals surface area contributed by atoms with Crippen molar-refractivity contribution in [1.29, 1.82) is 0 Å². The third-order valence-electron chi connectivity index (χ3n) is 3.10. The van der Waals surface area contributed by atoms with Crippen molar-refractivity contribution in [2.24, 2.45) is 0 Å². The Kier molecular flexibility index (Phi) is 3.84. The van der Waals surface area contributed by atoms with Crippen LogP contribution in [0.25, 0.3) is 0 Å². The molecule has 1 aromatic heterocycles. The van der Waals surface area contributed by atoms with Gasteiger partial charge in [-0.25, -0.2) is 0 Å². The largest absolute Gasteiger partial charge is 0.427 e. The molecule has 3 N–H and O–H groups in total. The van der Waals surface area contributed by atoms with Gasteiger partial charge in [-0.05, 0) is 46.1 Å². The number of hydrogen-bond donors (Lipinski definition) is 2. The van der Waals surface area contributed by atoms with E-state index in [2.05, 4.69) is 4.98 Å². The summed E-state index contributed by atoms with van der Waals surface area (Å²) in [5, 5.41) is 9.96. The summed E-state index contributed by atoms with van der Waals surface area (Å²) in [4.78, 5) is 4.14. The van der Waals surface area contributed by atoms with Gasteiger partial charge in [0.05, 0.1) is 11.2 Å². The maximum atomic E-state index is 9.96. The molecule has 1 aromatic rings. The Hall–Kier alpha value is -1.07. The van der Waals surface area contributed by atoms with Crippen molar-refractivity contribution in [3.63, 3.8) is 0 Å². The van der Waals surface area contributed by atoms with Crippen LogP contribution >= 0.6 is 0 Å². The fourth-order valence-electron chi connectivity index (χ4n) is 1.04. The van der Waals surface area contributed by atoms with Crippen LogP contribution in [0.1, 0.15) is 33.4 Å². The second kappa shape index (κ2) is 4.66. The van der Waals surface area contributed by atoms with Crippen molar-refractivity contribution in [2.75, 3.05) is 5.73 Å². The van der Waals surface area contributed by atoms with Crippen LogP contribution in [0.5, 0.6) is 0 Å². The molecule has 0 aliphatic carbocycles. The summed E-state index contributed by atoms with van der Waals surface area (Å²) in [5.74, 6) is 0. The molecule has 5 heteroatoms. The molecular formula is C12H20BN2O2. The maximum absolute atomic E-state index is 9.96. The standard InChI is InChI=1S/C12H20BN2O2/c1-8-10(6-9(14)7-15-8)13-17-12(4,5)11(2,3)16/h6-7,16H,14H2,1-5H3. The van der Waals surface area contributed by atoms with Crippen LogP contribution in [0.2, 0.25) is 0 Å². The van der Waals surface area contributed by atoms with Crippen LogP contribution in [-0.2, 0) is 4.65 Å². The summed E-state index contributed by atoms with van der Waals surface area (Å²) in [5.41, 5.74) is 6.29. The molecule has 0 atom stereocenters. The SMILES string of the molecule is Cc1ncc(N)cc1[B]OC(C)(C)C(C)(C)O. The Morgan fingerprint density at radius 3 is 2.47 bits per heavy atom. The minimum atomic E-state index is -0.939. The molecule has 0 amide bonds. The topological polar surface area (TPSA) is 68.4 Å². The number of pyridine rings is 1. The van der Waals surface area contributed by atoms with Gasteiger partial charge in [0, 0.05) is 17.6 Å². The highest BCUT2D eigenvalue weighted by Gasteiger charge is 2.35. The molecule has 0 saturated carbocycles. The number of nitrogen functional groups attached to an aromatic ring is 1. The smallest absolute Gasteiger partial charge is 0.332 e. The van der Waals surface area contributed by atoms with Crippen LogP contribution in [0.3, 0.4) is 0 Å². The zero-order valence-corrected chi connectivity index (χ0v) is 11.1. The minimum absolute atomic E-state index is 0.589. The molecule has 0 fully saturated rings. The quantitative estimate of drug-likeness (QED) is 0.757. The summed E-state index contributed by atoms with van der Waals surface area (Å²) >= 11 is 0. The number of aromatic nitrogens is 1. The molecule has 0 aromatic carbocycles. The molecule has 0 unspecified atom stereocenters. The van der Waals surface area contributed by atoms with Gasteiger partial charge >= 0.3 is 7.48 Å². The lowest BCUT2D eigenvalue weighted by atomic mass is 9.82. The average molecular weight is 235 g/mol. The number of aliphatic hydroxyl groups is 1. The number of rotatable bonds is 4. The Morgan fingerprint density at radius 2 is 1.94 bits per heavy atom. The first-order chi connectivity index (χ1) is 7.63. The summed E-state index contributed by atoms with van der Waals surface area (Å²) in [6.07, 6.45) is 1.60. The molecule has 17 heavy (non-hydrogen) atoms. The molecule has 1 rings (SSSR count). The van der Waals surface area contributed by atoms with Gasteiger partial charge in [-0.2, -0.15) is 0 Å². The zero-order chi connectivity index (χ0) is 13.3. The van der Waals surface area contributed by atoms with Crippen molar-refractivity contribution in [3.05, 3.63) is 18.0 Å². The molecule has 0 bridgehead atoms. The molecular weight excluding hydrogens is 215 g/mol. The first-order valence-electron chi connectivity index (χ1n) is 5.59. The summed E-state index contributed by atoms with van der Waals surface area (Å²) in [6.45, 7) is 8.97. The number of anilines is 1. The predicted octanol–water partition coefficient (Wildman–Crippen LogP) is 0.783. The van der Waals surface area contributed by atoms with Crippen LogP contribution in [-0.4, -0.2) is 28.8 Å². The molecule has 1 heterocycles. The second-order valence-corrected chi connectivity index (χ2v) is 5.25. The summed E-state index contributed by atoms with van der Waals surface area (Å²) < 4.78 is 5.65. The van der Waals surface area contributed by atoms with Gasteiger partial charge in [0.2, 0.25) is 0 Å². The fourth-order valence-corrected chi connectivity index (χ4v) is 1.04. The second-order valence-electron chi connectivity index (χ2n) is 5.25. The van der Waals surface area contributed by atoms with E-state index in [1.807, 2.05) is 20.8 Å². The van der Waals surface area contributed by atoms with E-state index in [1.54, 1.807) is 33.6 Å². The molecule has 0 aliphatic heterocycles. The first-order valence-corrected chi connectivity index (χ1v) is 5.59. The molecule has 1 radical (unpaired) electrons. The molecule has 0 saturated heterocycles. The number of nitrogens with two attached hydrogens (primary N) is 1. The van der Waals surface area contributed by atoms with Crippen LogP contribution < -0.4 is 11.2 Å². The Morgan fingerprint density at radius 1 is 1.35 bits per heavy atom. The van der Waals surface area contributed by atoms with E-state index in [-0.39, 0.29) is 0 Å². The van der Waals surface area contributed by atoms with Crippen LogP contribution in [0, 0.1) is 6.92 Å². The Labute approximate surface area is 103 Å². The maximum Gasteiger partial charge on any atom is 0.332 e. The van der Waals surface area contributed by atoms with Crippen molar-refractivity contribution >= 4 is 18.6 Å². The van der Waals surface area contributed by atoms with Crippen molar-refractivity contribution < 1.29 is 9.76 Å². The van der Waals surface area contributed by atoms with Crippen LogP contribution in [0.4, 0.5) is 5.69 Å². The minimum Gasteiger partial charge on any atom is -0.427 e. The van der Waals surface area contributed by atoms with Crippen molar-refractivity contribution in [2.45, 2.75) is 45.8 Å². The van der Waals surface area contributed by atoms with Gasteiger partial charge < -0.3 is 15.5 Å². The number of hydrogen-bond acceptors (Lipinski definition) is 4.